The lowest BCUT2D eigenvalue weighted by Crippen LogP contribution is -2.36. The van der Waals surface area contributed by atoms with Crippen LogP contribution in [0.4, 0.5) is 0 Å². The smallest absolute Gasteiger partial charge is 0.320 e. The Balaban J connectivity index is 1.87. The third kappa shape index (κ3) is 5.00. The van der Waals surface area contributed by atoms with Gasteiger partial charge in [-0.05, 0) is 12.0 Å². The van der Waals surface area contributed by atoms with E-state index in [1.807, 2.05) is 29.1 Å². The molecule has 0 bridgehead atoms. The van der Waals surface area contributed by atoms with Crippen molar-refractivity contribution in [3.63, 3.8) is 0 Å². The van der Waals surface area contributed by atoms with Crippen molar-refractivity contribution >= 4 is 5.97 Å². The highest BCUT2D eigenvalue weighted by molar-refractivity contribution is 5.73. The lowest BCUT2D eigenvalue weighted by molar-refractivity contribution is -0.139. The van der Waals surface area contributed by atoms with E-state index in [-0.39, 0.29) is 0 Å². The molecule has 2 rings (SSSR count). The summed E-state index contributed by atoms with van der Waals surface area (Å²) in [7, 11) is 0. The molecule has 1 heterocycles. The van der Waals surface area contributed by atoms with E-state index in [9.17, 15) is 9.90 Å². The fourth-order valence-electron chi connectivity index (χ4n) is 2.32. The zero-order valence-electron chi connectivity index (χ0n) is 12.9. The van der Waals surface area contributed by atoms with Gasteiger partial charge in [-0.15, -0.1) is 0 Å². The first-order valence-electron chi connectivity index (χ1n) is 7.70. The molecule has 0 fully saturated rings. The molecular weight excluding hydrogens is 278 g/mol. The average Bonchev–Trinajstić information content (AvgIpc) is 2.95. The number of nitrogens with zero attached hydrogens (tertiary/aromatic N) is 2. The van der Waals surface area contributed by atoms with E-state index in [0.717, 1.165) is 24.9 Å². The third-order valence-corrected chi connectivity index (χ3v) is 3.57. The van der Waals surface area contributed by atoms with Crippen LogP contribution in [0, 0.1) is 0 Å². The predicted octanol–water partition coefficient (Wildman–Crippen LogP) is 2.66. The maximum absolute atomic E-state index is 11.2. The van der Waals surface area contributed by atoms with Crippen LogP contribution in [-0.4, -0.2) is 26.9 Å². The Hall–Kier alpha value is -2.14. The zero-order valence-corrected chi connectivity index (χ0v) is 12.9. The fraction of sp³-hybridized carbons (Fsp3) is 0.412. The molecule has 0 aliphatic heterocycles. The summed E-state index contributed by atoms with van der Waals surface area (Å²) >= 11 is 0. The van der Waals surface area contributed by atoms with E-state index >= 15 is 0 Å². The van der Waals surface area contributed by atoms with Crippen molar-refractivity contribution in [1.29, 1.82) is 0 Å². The number of aromatic nitrogens is 2. The first-order chi connectivity index (χ1) is 10.7. The Morgan fingerprint density at radius 3 is 2.77 bits per heavy atom. The van der Waals surface area contributed by atoms with Crippen molar-refractivity contribution in [2.45, 2.75) is 45.3 Å². The lowest BCUT2D eigenvalue weighted by atomic mass is 10.1. The molecule has 0 amide bonds. The molecule has 0 spiro atoms. The highest BCUT2D eigenvalue weighted by Crippen LogP contribution is 2.06. The number of aliphatic carboxylic acids is 1. The molecule has 5 nitrogen and oxygen atoms in total. The highest BCUT2D eigenvalue weighted by atomic mass is 16.4. The summed E-state index contributed by atoms with van der Waals surface area (Å²) in [6.45, 7) is 3.31. The van der Waals surface area contributed by atoms with Crippen LogP contribution >= 0.6 is 0 Å². The van der Waals surface area contributed by atoms with Gasteiger partial charge >= 0.3 is 5.97 Å². The maximum Gasteiger partial charge on any atom is 0.320 e. The molecule has 118 valence electrons. The second-order valence-corrected chi connectivity index (χ2v) is 5.45. The van der Waals surface area contributed by atoms with Crippen LogP contribution in [0.2, 0.25) is 0 Å². The van der Waals surface area contributed by atoms with Crippen LogP contribution < -0.4 is 5.32 Å². The average molecular weight is 301 g/mol. The zero-order chi connectivity index (χ0) is 15.8. The van der Waals surface area contributed by atoms with Gasteiger partial charge in [0.15, 0.2) is 0 Å². The van der Waals surface area contributed by atoms with Gasteiger partial charge in [-0.2, -0.15) is 5.10 Å². The van der Waals surface area contributed by atoms with Gasteiger partial charge < -0.3 is 10.4 Å². The maximum atomic E-state index is 11.2. The summed E-state index contributed by atoms with van der Waals surface area (Å²) < 4.78 is 1.87. The Labute approximate surface area is 131 Å². The number of hydrogen-bond donors (Lipinski definition) is 2. The molecule has 0 aliphatic rings. The Morgan fingerprint density at radius 2 is 2.09 bits per heavy atom. The van der Waals surface area contributed by atoms with E-state index in [0.29, 0.717) is 13.0 Å². The fourth-order valence-corrected chi connectivity index (χ4v) is 2.32. The van der Waals surface area contributed by atoms with Crippen LogP contribution in [0.25, 0.3) is 0 Å². The molecule has 2 N–H and O–H groups in total. The molecule has 1 aromatic heterocycles. The first kappa shape index (κ1) is 16.2. The van der Waals surface area contributed by atoms with E-state index in [2.05, 4.69) is 29.5 Å². The number of hydrogen-bond acceptors (Lipinski definition) is 3. The second-order valence-electron chi connectivity index (χ2n) is 5.45. The standard InChI is InChI=1S/C17H23N3O2/c1-2-3-9-16(17(21)22)18-10-15-11-19-20(13-15)12-14-7-5-4-6-8-14/h4-8,11,13,16,18H,2-3,9-10,12H2,1H3,(H,21,22). The normalized spacial score (nSPS) is 12.2. The first-order valence-corrected chi connectivity index (χ1v) is 7.70. The van der Waals surface area contributed by atoms with E-state index in [1.165, 1.54) is 5.56 Å². The monoisotopic (exact) mass is 301 g/mol. The van der Waals surface area contributed by atoms with Crippen molar-refractivity contribution in [2.75, 3.05) is 0 Å². The van der Waals surface area contributed by atoms with Gasteiger partial charge in [-0.3, -0.25) is 9.48 Å². The highest BCUT2D eigenvalue weighted by Gasteiger charge is 2.15. The minimum atomic E-state index is -0.787. The largest absolute Gasteiger partial charge is 0.480 e. The van der Waals surface area contributed by atoms with Crippen molar-refractivity contribution in [3.8, 4) is 0 Å². The van der Waals surface area contributed by atoms with Gasteiger partial charge in [0.2, 0.25) is 0 Å². The molecule has 2 aromatic rings. The SMILES string of the molecule is CCCCC(NCc1cnn(Cc2ccccc2)c1)C(=O)O. The minimum Gasteiger partial charge on any atom is -0.480 e. The number of carboxylic acids is 1. The van der Waals surface area contributed by atoms with Crippen LogP contribution in [0.15, 0.2) is 42.7 Å². The number of carboxylic acid groups (broad SMARTS) is 1. The molecule has 0 radical (unpaired) electrons. The van der Waals surface area contributed by atoms with Crippen molar-refractivity contribution in [3.05, 3.63) is 53.9 Å². The molecule has 22 heavy (non-hydrogen) atoms. The van der Waals surface area contributed by atoms with E-state index in [4.69, 9.17) is 0 Å². The molecule has 5 heteroatoms. The van der Waals surface area contributed by atoms with Crippen LogP contribution in [-0.2, 0) is 17.9 Å². The lowest BCUT2D eigenvalue weighted by Gasteiger charge is -2.13. The summed E-state index contributed by atoms with van der Waals surface area (Å²) in [6, 6.07) is 9.64. The molecule has 0 saturated heterocycles. The van der Waals surface area contributed by atoms with Crippen LogP contribution in [0.5, 0.6) is 0 Å². The number of unbranched alkanes of at least 4 members (excludes halogenated alkanes) is 1. The summed E-state index contributed by atoms with van der Waals surface area (Å²) in [4.78, 5) is 11.2. The molecule has 1 atom stereocenters. The summed E-state index contributed by atoms with van der Waals surface area (Å²) in [5, 5.41) is 16.6. The topological polar surface area (TPSA) is 67.2 Å². The molecule has 1 unspecified atom stereocenters. The number of nitrogens with one attached hydrogen (secondary N) is 1. The predicted molar refractivity (Wildman–Crippen MR) is 85.6 cm³/mol. The Bertz CT molecular complexity index is 581. The van der Waals surface area contributed by atoms with Gasteiger partial charge in [-0.25, -0.2) is 0 Å². The van der Waals surface area contributed by atoms with Gasteiger partial charge in [0.05, 0.1) is 12.7 Å². The third-order valence-electron chi connectivity index (χ3n) is 3.57. The van der Waals surface area contributed by atoms with Gasteiger partial charge in [0, 0.05) is 18.3 Å². The number of rotatable bonds is 9. The van der Waals surface area contributed by atoms with Crippen molar-refractivity contribution < 1.29 is 9.90 Å². The van der Waals surface area contributed by atoms with Crippen molar-refractivity contribution in [1.82, 2.24) is 15.1 Å². The summed E-state index contributed by atoms with van der Waals surface area (Å²) in [6.07, 6.45) is 6.31. The van der Waals surface area contributed by atoms with Crippen LogP contribution in [0.3, 0.4) is 0 Å². The van der Waals surface area contributed by atoms with Gasteiger partial charge in [0.1, 0.15) is 6.04 Å². The molecular formula is C17H23N3O2. The van der Waals surface area contributed by atoms with Gasteiger partial charge in [0.25, 0.3) is 0 Å². The van der Waals surface area contributed by atoms with Gasteiger partial charge in [-0.1, -0.05) is 50.1 Å². The Kier molecular flexibility index (Phi) is 6.15. The summed E-state index contributed by atoms with van der Waals surface area (Å²) in [5.41, 5.74) is 2.19. The number of carbonyl (C=O) groups is 1. The molecule has 0 saturated carbocycles. The molecule has 1 aromatic carbocycles. The molecule has 0 aliphatic carbocycles. The quantitative estimate of drug-likeness (QED) is 0.747. The van der Waals surface area contributed by atoms with E-state index in [1.54, 1.807) is 6.20 Å². The minimum absolute atomic E-state index is 0.488. The van der Waals surface area contributed by atoms with E-state index < -0.39 is 12.0 Å². The van der Waals surface area contributed by atoms with Crippen molar-refractivity contribution in [2.24, 2.45) is 0 Å². The number of benzene rings is 1. The summed E-state index contributed by atoms with van der Waals surface area (Å²) in [5.74, 6) is -0.787. The second kappa shape index (κ2) is 8.34. The van der Waals surface area contributed by atoms with Crippen LogP contribution in [0.1, 0.15) is 37.3 Å². The Morgan fingerprint density at radius 1 is 1.32 bits per heavy atom.